The second-order valence-corrected chi connectivity index (χ2v) is 4.95. The normalized spacial score (nSPS) is 11.8. The van der Waals surface area contributed by atoms with Crippen LogP contribution in [-0.4, -0.2) is 26.2 Å². The number of nitrogen functional groups attached to an aromatic ring is 1. The van der Waals surface area contributed by atoms with Crippen LogP contribution >= 0.6 is 0 Å². The Balaban J connectivity index is 2.74. The van der Waals surface area contributed by atoms with Crippen molar-refractivity contribution in [1.29, 1.82) is 0 Å². The van der Waals surface area contributed by atoms with Gasteiger partial charge in [0.25, 0.3) is 0 Å². The molecule has 5 nitrogen and oxygen atoms in total. The number of nitrogens with two attached hydrogens (primary N) is 1. The summed E-state index contributed by atoms with van der Waals surface area (Å²) >= 11 is 0. The first-order chi connectivity index (χ1) is 10.0. The monoisotopic (exact) mass is 293 g/mol. The molecule has 0 aliphatic carbocycles. The lowest BCUT2D eigenvalue weighted by Crippen LogP contribution is -2.17. The molecule has 2 N–H and O–H groups in total. The van der Waals surface area contributed by atoms with Crippen molar-refractivity contribution in [2.75, 3.05) is 20.0 Å². The number of carbonyl (C=O) groups excluding carboxylic acids is 2. The fourth-order valence-corrected chi connectivity index (χ4v) is 2.29. The van der Waals surface area contributed by atoms with Crippen molar-refractivity contribution in [3.63, 3.8) is 0 Å². The summed E-state index contributed by atoms with van der Waals surface area (Å²) in [6.07, 6.45) is 3.08. The molecule has 116 valence electrons. The van der Waals surface area contributed by atoms with Crippen molar-refractivity contribution in [3.8, 4) is 0 Å². The maximum Gasteiger partial charge on any atom is 0.337 e. The summed E-state index contributed by atoms with van der Waals surface area (Å²) in [5, 5.41) is 0. The third-order valence-corrected chi connectivity index (χ3v) is 3.50. The maximum absolute atomic E-state index is 11.7. The van der Waals surface area contributed by atoms with Crippen molar-refractivity contribution in [1.82, 2.24) is 0 Å². The van der Waals surface area contributed by atoms with Gasteiger partial charge in [0, 0.05) is 5.69 Å². The summed E-state index contributed by atoms with van der Waals surface area (Å²) in [6, 6.07) is 5.10. The smallest absolute Gasteiger partial charge is 0.337 e. The highest BCUT2D eigenvalue weighted by molar-refractivity contribution is 5.90. The molecule has 1 rings (SSSR count). The third-order valence-electron chi connectivity index (χ3n) is 3.50. The minimum atomic E-state index is -0.410. The van der Waals surface area contributed by atoms with Crippen LogP contribution in [0.1, 0.15) is 42.1 Å². The first kappa shape index (κ1) is 17.0. The Kier molecular flexibility index (Phi) is 6.72. The van der Waals surface area contributed by atoms with E-state index in [0.29, 0.717) is 24.1 Å². The van der Waals surface area contributed by atoms with Gasteiger partial charge in [-0.05, 0) is 37.0 Å². The zero-order valence-electron chi connectivity index (χ0n) is 12.8. The van der Waals surface area contributed by atoms with Gasteiger partial charge in [-0.25, -0.2) is 4.79 Å². The minimum Gasteiger partial charge on any atom is -0.469 e. The van der Waals surface area contributed by atoms with Gasteiger partial charge < -0.3 is 15.2 Å². The second-order valence-electron chi connectivity index (χ2n) is 4.95. The molecule has 0 aromatic heterocycles. The van der Waals surface area contributed by atoms with E-state index in [1.54, 1.807) is 12.1 Å². The van der Waals surface area contributed by atoms with Crippen molar-refractivity contribution >= 4 is 17.6 Å². The minimum absolute atomic E-state index is 0.111. The zero-order chi connectivity index (χ0) is 15.8. The standard InChI is InChI=1S/C16H23NO4/c1-4-5-12(15(18)20-2)8-6-11-7-9-13(10-14(11)17)16(19)21-3/h7,9-10,12H,4-6,8,17H2,1-3H3. The molecule has 0 amide bonds. The maximum atomic E-state index is 11.7. The average Bonchev–Trinajstić information content (AvgIpc) is 2.50. The molecule has 0 aliphatic heterocycles. The molecule has 0 aliphatic rings. The second kappa shape index (κ2) is 8.29. The summed E-state index contributed by atoms with van der Waals surface area (Å²) in [5.74, 6) is -0.701. The molecule has 0 bridgehead atoms. The predicted octanol–water partition coefficient (Wildman–Crippen LogP) is 2.58. The molecule has 0 saturated carbocycles. The SMILES string of the molecule is CCCC(CCc1ccc(C(=O)OC)cc1N)C(=O)OC. The summed E-state index contributed by atoms with van der Waals surface area (Å²) in [4.78, 5) is 23.1. The van der Waals surface area contributed by atoms with Gasteiger partial charge in [0.05, 0.1) is 25.7 Å². The lowest BCUT2D eigenvalue weighted by molar-refractivity contribution is -0.145. The van der Waals surface area contributed by atoms with Crippen LogP contribution in [0, 0.1) is 5.92 Å². The molecule has 1 atom stereocenters. The van der Waals surface area contributed by atoms with Gasteiger partial charge in [-0.15, -0.1) is 0 Å². The molecule has 21 heavy (non-hydrogen) atoms. The van der Waals surface area contributed by atoms with Crippen LogP contribution in [0.2, 0.25) is 0 Å². The number of anilines is 1. The van der Waals surface area contributed by atoms with Crippen LogP contribution in [0.5, 0.6) is 0 Å². The van der Waals surface area contributed by atoms with Crippen LogP contribution in [0.15, 0.2) is 18.2 Å². The fraction of sp³-hybridized carbons (Fsp3) is 0.500. The number of benzene rings is 1. The van der Waals surface area contributed by atoms with E-state index in [0.717, 1.165) is 18.4 Å². The van der Waals surface area contributed by atoms with Gasteiger partial charge in [-0.2, -0.15) is 0 Å². The van der Waals surface area contributed by atoms with Crippen molar-refractivity contribution in [2.45, 2.75) is 32.6 Å². The third kappa shape index (κ3) is 4.77. The van der Waals surface area contributed by atoms with E-state index >= 15 is 0 Å². The average molecular weight is 293 g/mol. The number of aryl methyl sites for hydroxylation is 1. The van der Waals surface area contributed by atoms with E-state index in [9.17, 15) is 9.59 Å². The summed E-state index contributed by atoms with van der Waals surface area (Å²) in [6.45, 7) is 2.04. The van der Waals surface area contributed by atoms with Gasteiger partial charge in [0.15, 0.2) is 0 Å². The lowest BCUT2D eigenvalue weighted by Gasteiger charge is -2.14. The first-order valence-corrected chi connectivity index (χ1v) is 7.08. The van der Waals surface area contributed by atoms with E-state index in [2.05, 4.69) is 4.74 Å². The predicted molar refractivity (Wildman–Crippen MR) is 80.9 cm³/mol. The molecule has 1 aromatic rings. The number of methoxy groups -OCH3 is 2. The van der Waals surface area contributed by atoms with Gasteiger partial charge in [-0.1, -0.05) is 19.4 Å². The highest BCUT2D eigenvalue weighted by atomic mass is 16.5. The number of esters is 2. The van der Waals surface area contributed by atoms with E-state index in [1.807, 2.05) is 13.0 Å². The number of carbonyl (C=O) groups is 2. The molecule has 0 saturated heterocycles. The Bertz CT molecular complexity index is 499. The Morgan fingerprint density at radius 2 is 1.90 bits per heavy atom. The molecule has 0 radical (unpaired) electrons. The van der Waals surface area contributed by atoms with E-state index in [-0.39, 0.29) is 11.9 Å². The largest absolute Gasteiger partial charge is 0.469 e. The molecule has 0 heterocycles. The van der Waals surface area contributed by atoms with Gasteiger partial charge in [0.1, 0.15) is 0 Å². The molecule has 5 heteroatoms. The van der Waals surface area contributed by atoms with Crippen molar-refractivity contribution < 1.29 is 19.1 Å². The Labute approximate surface area is 125 Å². The quantitative estimate of drug-likeness (QED) is 0.617. The summed E-state index contributed by atoms with van der Waals surface area (Å²) in [5.41, 5.74) is 7.85. The van der Waals surface area contributed by atoms with Gasteiger partial charge in [-0.3, -0.25) is 4.79 Å². The van der Waals surface area contributed by atoms with Crippen LogP contribution in [0.4, 0.5) is 5.69 Å². The Hall–Kier alpha value is -2.04. The molecule has 1 unspecified atom stereocenters. The Morgan fingerprint density at radius 3 is 2.43 bits per heavy atom. The van der Waals surface area contributed by atoms with E-state index in [4.69, 9.17) is 10.5 Å². The lowest BCUT2D eigenvalue weighted by atomic mass is 9.94. The van der Waals surface area contributed by atoms with Crippen molar-refractivity contribution in [2.24, 2.45) is 5.92 Å². The summed E-state index contributed by atoms with van der Waals surface area (Å²) in [7, 11) is 2.74. The van der Waals surface area contributed by atoms with Crippen LogP contribution in [0.25, 0.3) is 0 Å². The molecular formula is C16H23NO4. The fourth-order valence-electron chi connectivity index (χ4n) is 2.29. The Morgan fingerprint density at radius 1 is 1.19 bits per heavy atom. The highest BCUT2D eigenvalue weighted by Crippen LogP contribution is 2.21. The molecule has 1 aromatic carbocycles. The molecule has 0 fully saturated rings. The number of hydrogen-bond donors (Lipinski definition) is 1. The van der Waals surface area contributed by atoms with E-state index < -0.39 is 5.97 Å². The van der Waals surface area contributed by atoms with Gasteiger partial charge >= 0.3 is 11.9 Å². The topological polar surface area (TPSA) is 78.6 Å². The van der Waals surface area contributed by atoms with Crippen LogP contribution in [-0.2, 0) is 20.7 Å². The van der Waals surface area contributed by atoms with Gasteiger partial charge in [0.2, 0.25) is 0 Å². The molecular weight excluding hydrogens is 270 g/mol. The number of hydrogen-bond acceptors (Lipinski definition) is 5. The first-order valence-electron chi connectivity index (χ1n) is 7.08. The van der Waals surface area contributed by atoms with Crippen molar-refractivity contribution in [3.05, 3.63) is 29.3 Å². The van der Waals surface area contributed by atoms with Crippen LogP contribution in [0.3, 0.4) is 0 Å². The number of rotatable bonds is 7. The zero-order valence-corrected chi connectivity index (χ0v) is 12.8. The molecule has 0 spiro atoms. The summed E-state index contributed by atoms with van der Waals surface area (Å²) < 4.78 is 9.47. The van der Waals surface area contributed by atoms with E-state index in [1.165, 1.54) is 14.2 Å². The highest BCUT2D eigenvalue weighted by Gasteiger charge is 2.18. The number of ether oxygens (including phenoxy) is 2. The van der Waals surface area contributed by atoms with Crippen LogP contribution < -0.4 is 5.73 Å².